The van der Waals surface area contributed by atoms with E-state index >= 15 is 0 Å². The number of nitrogens with zero attached hydrogens (tertiary/aromatic N) is 1. The Bertz CT molecular complexity index is 320. The van der Waals surface area contributed by atoms with Crippen molar-refractivity contribution in [2.45, 2.75) is 6.23 Å². The Hall–Kier alpha value is -0.420. The molecule has 2 atom stereocenters. The van der Waals surface area contributed by atoms with Gasteiger partial charge in [0.25, 0.3) is 0 Å². The van der Waals surface area contributed by atoms with Crippen LogP contribution in [0.4, 0.5) is 5.69 Å². The first-order valence-electron chi connectivity index (χ1n) is 5.01. The zero-order chi connectivity index (χ0) is 10.7. The lowest BCUT2D eigenvalue weighted by molar-refractivity contribution is -0.0774. The van der Waals surface area contributed by atoms with Crippen LogP contribution in [0, 0.1) is 0 Å². The summed E-state index contributed by atoms with van der Waals surface area (Å²) in [5, 5.41) is 0. The SMILES string of the molecule is COC1COCC[N+]1(Br)c1ccccc1. The Morgan fingerprint density at radius 3 is 2.80 bits per heavy atom. The van der Waals surface area contributed by atoms with Gasteiger partial charge in [0.1, 0.15) is 18.8 Å². The average molecular weight is 273 g/mol. The van der Waals surface area contributed by atoms with E-state index in [4.69, 9.17) is 9.47 Å². The number of methoxy groups -OCH3 is 1. The van der Waals surface area contributed by atoms with Crippen LogP contribution >= 0.6 is 16.1 Å². The number of benzene rings is 1. The molecule has 1 aromatic carbocycles. The Labute approximate surface area is 98.5 Å². The molecule has 0 aliphatic carbocycles. The molecule has 0 N–H and O–H groups in total. The monoisotopic (exact) mass is 272 g/mol. The maximum absolute atomic E-state index is 5.46. The van der Waals surface area contributed by atoms with Crippen LogP contribution < -0.4 is 3.51 Å². The number of ether oxygens (including phenoxy) is 2. The van der Waals surface area contributed by atoms with Crippen LogP contribution in [0.1, 0.15) is 0 Å². The average Bonchev–Trinajstić information content (AvgIpc) is 2.31. The quantitative estimate of drug-likeness (QED) is 0.770. The molecular weight excluding hydrogens is 258 g/mol. The summed E-state index contributed by atoms with van der Waals surface area (Å²) in [5.41, 5.74) is 1.20. The molecule has 0 spiro atoms. The Morgan fingerprint density at radius 2 is 2.13 bits per heavy atom. The van der Waals surface area contributed by atoms with Crippen LogP contribution in [0.25, 0.3) is 0 Å². The molecule has 0 aromatic heterocycles. The van der Waals surface area contributed by atoms with Crippen LogP contribution in [-0.4, -0.2) is 33.1 Å². The summed E-state index contributed by atoms with van der Waals surface area (Å²) in [6.07, 6.45) is 0.0150. The standard InChI is InChI=1S/C11H15BrNO2/c1-14-11-9-15-8-7-13(11,12)10-5-3-2-4-6-10/h2-6,11H,7-9H2,1H3/q+1. The summed E-state index contributed by atoms with van der Waals surface area (Å²) in [4.78, 5) is 0. The molecule has 2 rings (SSSR count). The Balaban J connectivity index is 2.30. The topological polar surface area (TPSA) is 18.5 Å². The van der Waals surface area contributed by atoms with Gasteiger partial charge in [0.2, 0.25) is 22.4 Å². The zero-order valence-electron chi connectivity index (χ0n) is 8.73. The van der Waals surface area contributed by atoms with Gasteiger partial charge in [-0.3, -0.25) is 0 Å². The lowest BCUT2D eigenvalue weighted by Gasteiger charge is -2.39. The van der Waals surface area contributed by atoms with Crippen molar-refractivity contribution in [3.8, 4) is 0 Å². The van der Waals surface area contributed by atoms with Crippen molar-refractivity contribution < 1.29 is 9.47 Å². The maximum Gasteiger partial charge on any atom is 0.235 e. The van der Waals surface area contributed by atoms with E-state index in [9.17, 15) is 0 Å². The Morgan fingerprint density at radius 1 is 1.40 bits per heavy atom. The molecule has 0 radical (unpaired) electrons. The molecule has 0 amide bonds. The summed E-state index contributed by atoms with van der Waals surface area (Å²) in [6.45, 7) is 2.25. The van der Waals surface area contributed by atoms with Crippen LogP contribution in [0.2, 0.25) is 0 Å². The lowest BCUT2D eigenvalue weighted by Crippen LogP contribution is -2.56. The second-order valence-electron chi connectivity index (χ2n) is 3.60. The molecule has 1 fully saturated rings. The molecule has 2 unspecified atom stereocenters. The molecule has 82 valence electrons. The van der Waals surface area contributed by atoms with Crippen molar-refractivity contribution in [1.29, 1.82) is 0 Å². The highest BCUT2D eigenvalue weighted by Gasteiger charge is 2.41. The van der Waals surface area contributed by atoms with E-state index < -0.39 is 0 Å². The first-order valence-corrected chi connectivity index (χ1v) is 5.72. The number of halogens is 1. The van der Waals surface area contributed by atoms with E-state index in [0.29, 0.717) is 10.1 Å². The van der Waals surface area contributed by atoms with Crippen LogP contribution in [0.3, 0.4) is 0 Å². The zero-order valence-corrected chi connectivity index (χ0v) is 10.3. The van der Waals surface area contributed by atoms with E-state index in [1.54, 1.807) is 7.11 Å². The highest BCUT2D eigenvalue weighted by atomic mass is 79.9. The minimum atomic E-state index is 0.0150. The number of para-hydroxylation sites is 1. The van der Waals surface area contributed by atoms with E-state index in [2.05, 4.69) is 28.3 Å². The van der Waals surface area contributed by atoms with Gasteiger partial charge < -0.3 is 9.47 Å². The minimum absolute atomic E-state index is 0.0150. The van der Waals surface area contributed by atoms with Gasteiger partial charge in [-0.15, -0.1) is 0 Å². The summed E-state index contributed by atoms with van der Waals surface area (Å²) >= 11 is 3.76. The summed E-state index contributed by atoms with van der Waals surface area (Å²) in [6, 6.07) is 10.3. The normalized spacial score (nSPS) is 31.5. The first kappa shape index (κ1) is 11.1. The maximum atomic E-state index is 5.46. The van der Waals surface area contributed by atoms with E-state index in [0.717, 1.165) is 13.2 Å². The largest absolute Gasteiger partial charge is 0.366 e. The number of morpholine rings is 1. The van der Waals surface area contributed by atoms with Crippen molar-refractivity contribution in [3.05, 3.63) is 30.3 Å². The second-order valence-corrected chi connectivity index (χ2v) is 4.86. The van der Waals surface area contributed by atoms with Gasteiger partial charge in [-0.1, -0.05) is 18.2 Å². The number of hydrogen-bond donors (Lipinski definition) is 0. The predicted molar refractivity (Wildman–Crippen MR) is 63.6 cm³/mol. The Kier molecular flexibility index (Phi) is 3.41. The summed E-state index contributed by atoms with van der Waals surface area (Å²) < 4.78 is 11.5. The fraction of sp³-hybridized carbons (Fsp3) is 0.455. The molecule has 0 bridgehead atoms. The predicted octanol–water partition coefficient (Wildman–Crippen LogP) is 2.31. The minimum Gasteiger partial charge on any atom is -0.366 e. The smallest absolute Gasteiger partial charge is 0.235 e. The van der Waals surface area contributed by atoms with Gasteiger partial charge in [-0.2, -0.15) is 3.51 Å². The highest BCUT2D eigenvalue weighted by molar-refractivity contribution is 9.08. The van der Waals surface area contributed by atoms with Crippen molar-refractivity contribution in [2.24, 2.45) is 0 Å². The molecule has 1 aliphatic rings. The van der Waals surface area contributed by atoms with Gasteiger partial charge in [-0.25, -0.2) is 0 Å². The van der Waals surface area contributed by atoms with Crippen molar-refractivity contribution >= 4 is 21.8 Å². The molecule has 1 aromatic rings. The molecule has 3 nitrogen and oxygen atoms in total. The lowest BCUT2D eigenvalue weighted by atomic mass is 10.2. The van der Waals surface area contributed by atoms with Gasteiger partial charge in [-0.05, 0) is 0 Å². The third kappa shape index (κ3) is 2.08. The fourth-order valence-electron chi connectivity index (χ4n) is 1.85. The third-order valence-electron chi connectivity index (χ3n) is 2.74. The van der Waals surface area contributed by atoms with Gasteiger partial charge in [0.15, 0.2) is 0 Å². The number of hydrogen-bond acceptors (Lipinski definition) is 2. The van der Waals surface area contributed by atoms with Crippen LogP contribution in [0.5, 0.6) is 0 Å². The first-order chi connectivity index (χ1) is 7.27. The van der Waals surface area contributed by atoms with Crippen molar-refractivity contribution in [2.75, 3.05) is 26.9 Å². The summed E-state index contributed by atoms with van der Waals surface area (Å²) in [7, 11) is 1.72. The summed E-state index contributed by atoms with van der Waals surface area (Å²) in [5.74, 6) is 0. The second kappa shape index (κ2) is 4.61. The van der Waals surface area contributed by atoms with Crippen LogP contribution in [-0.2, 0) is 9.47 Å². The molecule has 4 heteroatoms. The third-order valence-corrected chi connectivity index (χ3v) is 3.96. The number of quaternary nitrogens is 1. The molecule has 0 saturated carbocycles. The van der Waals surface area contributed by atoms with Crippen LogP contribution in [0.15, 0.2) is 30.3 Å². The van der Waals surface area contributed by atoms with Gasteiger partial charge >= 0.3 is 0 Å². The molecule has 1 saturated heterocycles. The van der Waals surface area contributed by atoms with E-state index in [1.165, 1.54) is 5.69 Å². The number of rotatable bonds is 2. The highest BCUT2D eigenvalue weighted by Crippen LogP contribution is 2.33. The van der Waals surface area contributed by atoms with E-state index in [-0.39, 0.29) is 6.23 Å². The molecule has 1 heterocycles. The van der Waals surface area contributed by atoms with Gasteiger partial charge in [0, 0.05) is 19.2 Å². The molecule has 15 heavy (non-hydrogen) atoms. The molecule has 1 aliphatic heterocycles. The van der Waals surface area contributed by atoms with E-state index in [1.807, 2.05) is 18.2 Å². The van der Waals surface area contributed by atoms with Crippen molar-refractivity contribution in [1.82, 2.24) is 3.51 Å². The molecular formula is C11H15BrNO2+. The fourth-order valence-corrected chi connectivity index (χ4v) is 2.52. The van der Waals surface area contributed by atoms with Crippen molar-refractivity contribution in [3.63, 3.8) is 0 Å². The van der Waals surface area contributed by atoms with Gasteiger partial charge in [0.05, 0.1) is 6.61 Å².